The van der Waals surface area contributed by atoms with Crippen LogP contribution in [0.5, 0.6) is 0 Å². The number of hydrogen-bond donors (Lipinski definition) is 1. The fourth-order valence-electron chi connectivity index (χ4n) is 2.68. The van der Waals surface area contributed by atoms with Crippen LogP contribution in [0.3, 0.4) is 0 Å². The zero-order chi connectivity index (χ0) is 12.3. The van der Waals surface area contributed by atoms with E-state index in [0.29, 0.717) is 6.54 Å². The number of nitrogens with zero attached hydrogens (tertiary/aromatic N) is 1. The Balaban J connectivity index is 1.85. The second-order valence-corrected chi connectivity index (χ2v) is 5.40. The third kappa shape index (κ3) is 3.33. The predicted octanol–water partition coefficient (Wildman–Crippen LogP) is 2.75. The molecule has 1 saturated carbocycles. The summed E-state index contributed by atoms with van der Waals surface area (Å²) in [6.07, 6.45) is 5.37. The summed E-state index contributed by atoms with van der Waals surface area (Å²) in [7, 11) is 2.20. The second-order valence-electron chi connectivity index (χ2n) is 5.40. The SMILES string of the molecule is CC1CCC(N(C)Cc2ccc(CN)o2)CC1. The van der Waals surface area contributed by atoms with E-state index in [9.17, 15) is 0 Å². The molecule has 1 fully saturated rings. The minimum atomic E-state index is 0.491. The zero-order valence-corrected chi connectivity index (χ0v) is 11.0. The van der Waals surface area contributed by atoms with Crippen molar-refractivity contribution < 1.29 is 4.42 Å². The van der Waals surface area contributed by atoms with Gasteiger partial charge in [-0.15, -0.1) is 0 Å². The Bertz CT molecular complexity index is 340. The molecule has 2 N–H and O–H groups in total. The van der Waals surface area contributed by atoms with Gasteiger partial charge in [0.05, 0.1) is 13.1 Å². The number of hydrogen-bond acceptors (Lipinski definition) is 3. The Morgan fingerprint density at radius 3 is 2.47 bits per heavy atom. The van der Waals surface area contributed by atoms with Gasteiger partial charge in [0.1, 0.15) is 11.5 Å². The van der Waals surface area contributed by atoms with Gasteiger partial charge in [-0.05, 0) is 50.8 Å². The highest BCUT2D eigenvalue weighted by Crippen LogP contribution is 2.27. The monoisotopic (exact) mass is 236 g/mol. The first-order valence-corrected chi connectivity index (χ1v) is 6.67. The summed E-state index contributed by atoms with van der Waals surface area (Å²) in [5, 5.41) is 0. The number of nitrogens with two attached hydrogens (primary N) is 1. The lowest BCUT2D eigenvalue weighted by atomic mass is 9.87. The lowest BCUT2D eigenvalue weighted by molar-refractivity contribution is 0.154. The van der Waals surface area contributed by atoms with Crippen molar-refractivity contribution >= 4 is 0 Å². The molecule has 1 aliphatic rings. The lowest BCUT2D eigenvalue weighted by Crippen LogP contribution is -2.34. The van der Waals surface area contributed by atoms with Crippen LogP contribution in [0.4, 0.5) is 0 Å². The van der Waals surface area contributed by atoms with Crippen LogP contribution >= 0.6 is 0 Å². The highest BCUT2D eigenvalue weighted by atomic mass is 16.3. The van der Waals surface area contributed by atoms with Gasteiger partial charge < -0.3 is 10.2 Å². The predicted molar refractivity (Wildman–Crippen MR) is 69.5 cm³/mol. The molecule has 17 heavy (non-hydrogen) atoms. The van der Waals surface area contributed by atoms with E-state index in [-0.39, 0.29) is 0 Å². The molecule has 1 aromatic heterocycles. The van der Waals surface area contributed by atoms with E-state index < -0.39 is 0 Å². The molecule has 0 atom stereocenters. The topological polar surface area (TPSA) is 42.4 Å². The van der Waals surface area contributed by atoms with Gasteiger partial charge in [-0.2, -0.15) is 0 Å². The fourth-order valence-corrected chi connectivity index (χ4v) is 2.68. The first kappa shape index (κ1) is 12.7. The van der Waals surface area contributed by atoms with Gasteiger partial charge in [0.2, 0.25) is 0 Å². The maximum atomic E-state index is 5.65. The second kappa shape index (κ2) is 5.69. The largest absolute Gasteiger partial charge is 0.463 e. The van der Waals surface area contributed by atoms with E-state index in [1.807, 2.05) is 12.1 Å². The molecule has 0 saturated heterocycles. The summed E-state index contributed by atoms with van der Waals surface area (Å²) in [6.45, 7) is 3.75. The van der Waals surface area contributed by atoms with Crippen molar-refractivity contribution in [3.63, 3.8) is 0 Å². The molecule has 1 heterocycles. The van der Waals surface area contributed by atoms with E-state index in [1.165, 1.54) is 25.7 Å². The minimum absolute atomic E-state index is 0.491. The Morgan fingerprint density at radius 2 is 1.88 bits per heavy atom. The highest BCUT2D eigenvalue weighted by molar-refractivity contribution is 5.06. The molecule has 0 unspecified atom stereocenters. The van der Waals surface area contributed by atoms with Gasteiger partial charge >= 0.3 is 0 Å². The summed E-state index contributed by atoms with van der Waals surface area (Å²) in [6, 6.07) is 4.74. The van der Waals surface area contributed by atoms with Crippen LogP contribution < -0.4 is 5.73 Å². The number of furan rings is 1. The molecule has 3 nitrogen and oxygen atoms in total. The van der Waals surface area contributed by atoms with Crippen molar-refractivity contribution in [3.8, 4) is 0 Å². The molecule has 2 rings (SSSR count). The summed E-state index contributed by atoms with van der Waals surface area (Å²) in [5.41, 5.74) is 5.54. The van der Waals surface area contributed by atoms with Crippen LogP contribution in [0.2, 0.25) is 0 Å². The summed E-state index contributed by atoms with van der Waals surface area (Å²) in [5.74, 6) is 2.82. The molecule has 96 valence electrons. The number of rotatable bonds is 4. The van der Waals surface area contributed by atoms with Gasteiger partial charge in [-0.25, -0.2) is 0 Å². The molecule has 0 spiro atoms. The fraction of sp³-hybridized carbons (Fsp3) is 0.714. The van der Waals surface area contributed by atoms with Gasteiger partial charge in [0.25, 0.3) is 0 Å². The normalized spacial score (nSPS) is 25.4. The van der Waals surface area contributed by atoms with Crippen molar-refractivity contribution in [1.29, 1.82) is 0 Å². The van der Waals surface area contributed by atoms with Crippen molar-refractivity contribution in [1.82, 2.24) is 4.90 Å². The first-order chi connectivity index (χ1) is 8.19. The Labute approximate surface area is 104 Å². The minimum Gasteiger partial charge on any atom is -0.463 e. The van der Waals surface area contributed by atoms with Crippen molar-refractivity contribution in [2.75, 3.05) is 7.05 Å². The molecule has 1 aliphatic carbocycles. The smallest absolute Gasteiger partial charge is 0.118 e. The maximum absolute atomic E-state index is 5.65. The van der Waals surface area contributed by atoms with Crippen LogP contribution in [-0.2, 0) is 13.1 Å². The molecule has 3 heteroatoms. The molecule has 1 aromatic rings. The van der Waals surface area contributed by atoms with E-state index in [2.05, 4.69) is 18.9 Å². The quantitative estimate of drug-likeness (QED) is 0.874. The van der Waals surface area contributed by atoms with Crippen LogP contribution in [0.25, 0.3) is 0 Å². The summed E-state index contributed by atoms with van der Waals surface area (Å²) < 4.78 is 5.65. The maximum Gasteiger partial charge on any atom is 0.118 e. The van der Waals surface area contributed by atoms with E-state index >= 15 is 0 Å². The molecule has 0 bridgehead atoms. The van der Waals surface area contributed by atoms with Crippen LogP contribution in [0.1, 0.15) is 44.1 Å². The van der Waals surface area contributed by atoms with Crippen LogP contribution in [0.15, 0.2) is 16.5 Å². The lowest BCUT2D eigenvalue weighted by Gasteiger charge is -2.33. The average Bonchev–Trinajstić information content (AvgIpc) is 2.77. The van der Waals surface area contributed by atoms with Crippen LogP contribution in [-0.4, -0.2) is 18.0 Å². The average molecular weight is 236 g/mol. The Hall–Kier alpha value is -0.800. The van der Waals surface area contributed by atoms with Crippen molar-refractivity contribution in [2.45, 2.75) is 51.7 Å². The molecular formula is C14H24N2O. The third-order valence-corrected chi connectivity index (χ3v) is 3.93. The summed E-state index contributed by atoms with van der Waals surface area (Å²) >= 11 is 0. The van der Waals surface area contributed by atoms with E-state index in [1.54, 1.807) is 0 Å². The Kier molecular flexibility index (Phi) is 4.24. The highest BCUT2D eigenvalue weighted by Gasteiger charge is 2.22. The zero-order valence-electron chi connectivity index (χ0n) is 11.0. The van der Waals surface area contributed by atoms with E-state index in [4.69, 9.17) is 10.2 Å². The standard InChI is InChI=1S/C14H24N2O/c1-11-3-5-12(6-4-11)16(2)10-14-8-7-13(9-15)17-14/h7-8,11-12H,3-6,9-10,15H2,1-2H3. The van der Waals surface area contributed by atoms with Gasteiger partial charge in [-0.1, -0.05) is 6.92 Å². The molecule has 0 amide bonds. The Morgan fingerprint density at radius 1 is 1.24 bits per heavy atom. The van der Waals surface area contributed by atoms with E-state index in [0.717, 1.165) is 30.0 Å². The van der Waals surface area contributed by atoms with Gasteiger partial charge in [0, 0.05) is 6.04 Å². The van der Waals surface area contributed by atoms with Gasteiger partial charge in [0.15, 0.2) is 0 Å². The van der Waals surface area contributed by atoms with Crippen LogP contribution in [0, 0.1) is 5.92 Å². The van der Waals surface area contributed by atoms with Gasteiger partial charge in [-0.3, -0.25) is 4.90 Å². The molecular weight excluding hydrogens is 212 g/mol. The first-order valence-electron chi connectivity index (χ1n) is 6.67. The third-order valence-electron chi connectivity index (χ3n) is 3.93. The summed E-state index contributed by atoms with van der Waals surface area (Å²) in [4.78, 5) is 2.42. The molecule has 0 radical (unpaired) electrons. The molecule has 0 aromatic carbocycles. The molecule has 0 aliphatic heterocycles. The van der Waals surface area contributed by atoms with Crippen molar-refractivity contribution in [3.05, 3.63) is 23.7 Å². The van der Waals surface area contributed by atoms with Crippen molar-refractivity contribution in [2.24, 2.45) is 11.7 Å².